The van der Waals surface area contributed by atoms with Gasteiger partial charge >= 0.3 is 0 Å². The molecule has 0 fully saturated rings. The van der Waals surface area contributed by atoms with Crippen molar-refractivity contribution in [1.82, 2.24) is 15.2 Å². The van der Waals surface area contributed by atoms with Crippen molar-refractivity contribution >= 4 is 5.82 Å². The van der Waals surface area contributed by atoms with E-state index in [9.17, 15) is 0 Å². The highest BCUT2D eigenvalue weighted by atomic mass is 15.1. The Morgan fingerprint density at radius 2 is 2.06 bits per heavy atom. The maximum atomic E-state index is 5.68. The van der Waals surface area contributed by atoms with Crippen LogP contribution in [0.2, 0.25) is 0 Å². The third-order valence-electron chi connectivity index (χ3n) is 2.48. The molecule has 2 heterocycles. The van der Waals surface area contributed by atoms with Gasteiger partial charge in [0.05, 0.1) is 6.20 Å². The molecular weight excluding hydrogens is 200 g/mol. The van der Waals surface area contributed by atoms with E-state index in [4.69, 9.17) is 5.73 Å². The lowest BCUT2D eigenvalue weighted by Gasteiger charge is -2.18. The standard InChI is InChI=1S/C12H16N4/c1-12(2,3)11-9(7-15-16-11)8-4-5-14-10(13)6-8/h4-7H,1-3H3,(H2,13,14)(H,15,16). The Bertz CT molecular complexity index is 494. The molecule has 0 unspecified atom stereocenters. The molecule has 0 atom stereocenters. The molecule has 0 radical (unpaired) electrons. The number of pyridine rings is 1. The van der Waals surface area contributed by atoms with Crippen molar-refractivity contribution in [2.24, 2.45) is 0 Å². The van der Waals surface area contributed by atoms with E-state index in [0.29, 0.717) is 5.82 Å². The number of H-pyrrole nitrogens is 1. The molecule has 0 aliphatic carbocycles. The number of nitrogens with zero attached hydrogens (tertiary/aromatic N) is 2. The lowest BCUT2D eigenvalue weighted by Crippen LogP contribution is -2.13. The van der Waals surface area contributed by atoms with Crippen LogP contribution in [0.4, 0.5) is 5.82 Å². The third-order valence-corrected chi connectivity index (χ3v) is 2.48. The van der Waals surface area contributed by atoms with Gasteiger partial charge in [-0.3, -0.25) is 5.10 Å². The van der Waals surface area contributed by atoms with Crippen molar-refractivity contribution in [2.75, 3.05) is 5.73 Å². The second kappa shape index (κ2) is 3.63. The highest BCUT2D eigenvalue weighted by molar-refractivity contribution is 5.68. The number of aromatic nitrogens is 3. The van der Waals surface area contributed by atoms with Crippen LogP contribution in [0.3, 0.4) is 0 Å². The molecule has 0 bridgehead atoms. The smallest absolute Gasteiger partial charge is 0.123 e. The van der Waals surface area contributed by atoms with Crippen LogP contribution in [0, 0.1) is 0 Å². The van der Waals surface area contributed by atoms with Gasteiger partial charge in [-0.15, -0.1) is 0 Å². The highest BCUT2D eigenvalue weighted by Crippen LogP contribution is 2.31. The summed E-state index contributed by atoms with van der Waals surface area (Å²) < 4.78 is 0. The van der Waals surface area contributed by atoms with Gasteiger partial charge in [-0.2, -0.15) is 5.10 Å². The number of nitrogens with one attached hydrogen (secondary N) is 1. The first-order valence-electron chi connectivity index (χ1n) is 5.24. The fourth-order valence-corrected chi connectivity index (χ4v) is 1.69. The monoisotopic (exact) mass is 216 g/mol. The number of nitrogens with two attached hydrogens (primary N) is 1. The van der Waals surface area contributed by atoms with E-state index in [2.05, 4.69) is 36.0 Å². The molecule has 16 heavy (non-hydrogen) atoms. The lowest BCUT2D eigenvalue weighted by atomic mass is 9.88. The van der Waals surface area contributed by atoms with Crippen LogP contribution in [-0.2, 0) is 5.41 Å². The summed E-state index contributed by atoms with van der Waals surface area (Å²) in [5, 5.41) is 7.16. The summed E-state index contributed by atoms with van der Waals surface area (Å²) in [6, 6.07) is 3.80. The van der Waals surface area contributed by atoms with Gasteiger partial charge in [0.2, 0.25) is 0 Å². The first-order valence-corrected chi connectivity index (χ1v) is 5.24. The summed E-state index contributed by atoms with van der Waals surface area (Å²) in [5.41, 5.74) is 8.96. The van der Waals surface area contributed by atoms with Crippen LogP contribution in [0.1, 0.15) is 26.5 Å². The molecule has 0 amide bonds. The highest BCUT2D eigenvalue weighted by Gasteiger charge is 2.20. The van der Waals surface area contributed by atoms with Gasteiger partial charge < -0.3 is 5.73 Å². The Labute approximate surface area is 94.9 Å². The van der Waals surface area contributed by atoms with E-state index in [1.807, 2.05) is 18.3 Å². The van der Waals surface area contributed by atoms with Crippen molar-refractivity contribution in [1.29, 1.82) is 0 Å². The van der Waals surface area contributed by atoms with Crippen LogP contribution in [0.5, 0.6) is 0 Å². The SMILES string of the molecule is CC(C)(C)c1[nH]ncc1-c1ccnc(N)c1. The Kier molecular flexibility index (Phi) is 2.42. The van der Waals surface area contributed by atoms with Gasteiger partial charge in [-0.05, 0) is 17.7 Å². The maximum Gasteiger partial charge on any atom is 0.123 e. The van der Waals surface area contributed by atoms with E-state index in [1.165, 1.54) is 0 Å². The number of rotatable bonds is 1. The minimum Gasteiger partial charge on any atom is -0.384 e. The van der Waals surface area contributed by atoms with Crippen LogP contribution >= 0.6 is 0 Å². The third kappa shape index (κ3) is 1.91. The molecule has 0 aromatic carbocycles. The zero-order valence-electron chi connectivity index (χ0n) is 9.78. The average Bonchev–Trinajstić information content (AvgIpc) is 2.65. The Morgan fingerprint density at radius 1 is 1.31 bits per heavy atom. The molecule has 2 aromatic heterocycles. The molecule has 84 valence electrons. The molecular formula is C12H16N4. The molecule has 4 nitrogen and oxygen atoms in total. The minimum absolute atomic E-state index is 0.0316. The van der Waals surface area contributed by atoms with Crippen molar-refractivity contribution in [3.63, 3.8) is 0 Å². The summed E-state index contributed by atoms with van der Waals surface area (Å²) in [4.78, 5) is 3.99. The summed E-state index contributed by atoms with van der Waals surface area (Å²) in [6.45, 7) is 6.44. The zero-order chi connectivity index (χ0) is 11.8. The van der Waals surface area contributed by atoms with Gasteiger partial charge in [0.25, 0.3) is 0 Å². The maximum absolute atomic E-state index is 5.68. The quantitative estimate of drug-likeness (QED) is 0.768. The Hall–Kier alpha value is -1.84. The predicted octanol–water partition coefficient (Wildman–Crippen LogP) is 2.35. The molecule has 2 rings (SSSR count). The van der Waals surface area contributed by atoms with E-state index in [1.54, 1.807) is 6.20 Å². The molecule has 2 aromatic rings. The number of anilines is 1. The lowest BCUT2D eigenvalue weighted by molar-refractivity contribution is 0.568. The number of aromatic amines is 1. The second-order valence-corrected chi connectivity index (χ2v) is 4.88. The first kappa shape index (κ1) is 10.7. The first-order chi connectivity index (χ1) is 7.48. The molecule has 0 aliphatic rings. The summed E-state index contributed by atoms with van der Waals surface area (Å²) >= 11 is 0. The van der Waals surface area contributed by atoms with E-state index in [-0.39, 0.29) is 5.41 Å². The number of hydrogen-bond donors (Lipinski definition) is 2. The van der Waals surface area contributed by atoms with Gasteiger partial charge in [0, 0.05) is 22.9 Å². The van der Waals surface area contributed by atoms with Crippen molar-refractivity contribution < 1.29 is 0 Å². The zero-order valence-corrected chi connectivity index (χ0v) is 9.78. The summed E-state index contributed by atoms with van der Waals surface area (Å²) in [7, 11) is 0. The van der Waals surface area contributed by atoms with Gasteiger partial charge in [-0.25, -0.2) is 4.98 Å². The van der Waals surface area contributed by atoms with Gasteiger partial charge in [0.15, 0.2) is 0 Å². The molecule has 0 spiro atoms. The summed E-state index contributed by atoms with van der Waals surface area (Å²) in [6.07, 6.45) is 3.54. The number of hydrogen-bond acceptors (Lipinski definition) is 3. The topological polar surface area (TPSA) is 67.6 Å². The predicted molar refractivity (Wildman–Crippen MR) is 64.9 cm³/mol. The second-order valence-electron chi connectivity index (χ2n) is 4.88. The largest absolute Gasteiger partial charge is 0.384 e. The van der Waals surface area contributed by atoms with E-state index < -0.39 is 0 Å². The van der Waals surface area contributed by atoms with E-state index >= 15 is 0 Å². The molecule has 3 N–H and O–H groups in total. The van der Waals surface area contributed by atoms with Crippen LogP contribution < -0.4 is 5.73 Å². The van der Waals surface area contributed by atoms with Crippen molar-refractivity contribution in [2.45, 2.75) is 26.2 Å². The fourth-order valence-electron chi connectivity index (χ4n) is 1.69. The minimum atomic E-state index is 0.0316. The Morgan fingerprint density at radius 3 is 2.69 bits per heavy atom. The van der Waals surface area contributed by atoms with Crippen LogP contribution in [-0.4, -0.2) is 15.2 Å². The van der Waals surface area contributed by atoms with Crippen LogP contribution in [0.25, 0.3) is 11.1 Å². The molecule has 0 saturated heterocycles. The van der Waals surface area contributed by atoms with E-state index in [0.717, 1.165) is 16.8 Å². The normalized spacial score (nSPS) is 11.7. The number of nitrogen functional groups attached to an aromatic ring is 1. The van der Waals surface area contributed by atoms with Gasteiger partial charge in [-0.1, -0.05) is 20.8 Å². The Balaban J connectivity index is 2.53. The van der Waals surface area contributed by atoms with Crippen LogP contribution in [0.15, 0.2) is 24.5 Å². The average molecular weight is 216 g/mol. The summed E-state index contributed by atoms with van der Waals surface area (Å²) in [5.74, 6) is 0.526. The fraction of sp³-hybridized carbons (Fsp3) is 0.333. The van der Waals surface area contributed by atoms with Crippen molar-refractivity contribution in [3.05, 3.63) is 30.2 Å². The molecule has 0 saturated carbocycles. The van der Waals surface area contributed by atoms with Crippen molar-refractivity contribution in [3.8, 4) is 11.1 Å². The molecule has 0 aliphatic heterocycles. The molecule has 4 heteroatoms. The van der Waals surface area contributed by atoms with Gasteiger partial charge in [0.1, 0.15) is 5.82 Å².